The van der Waals surface area contributed by atoms with E-state index >= 15 is 0 Å². The van der Waals surface area contributed by atoms with E-state index in [1.165, 1.54) is 7.28 Å². The second-order valence-corrected chi connectivity index (χ2v) is 3.60. The second kappa shape index (κ2) is 4.43. The first-order valence-electron chi connectivity index (χ1n) is 3.95. The Bertz CT molecular complexity index is 110. The molecule has 0 aromatic heterocycles. The first-order chi connectivity index (χ1) is 4.52. The highest BCUT2D eigenvalue weighted by atomic mass is 14.6. The molecule has 0 radical (unpaired) electrons. The van der Waals surface area contributed by atoms with E-state index in [1.807, 2.05) is 0 Å². The van der Waals surface area contributed by atoms with E-state index in [1.54, 1.807) is 0 Å². The Kier molecular flexibility index (Phi) is 4.25. The van der Waals surface area contributed by atoms with Crippen molar-refractivity contribution in [3.63, 3.8) is 0 Å². The zero-order chi connectivity index (χ0) is 8.15. The number of rotatable bonds is 4. The van der Waals surface area contributed by atoms with Gasteiger partial charge in [-0.3, -0.25) is 0 Å². The van der Waals surface area contributed by atoms with Crippen molar-refractivity contribution < 1.29 is 0 Å². The van der Waals surface area contributed by atoms with Crippen molar-refractivity contribution in [1.29, 1.82) is 0 Å². The zero-order valence-electron chi connectivity index (χ0n) is 7.35. The molecule has 0 rings (SSSR count). The summed E-state index contributed by atoms with van der Waals surface area (Å²) in [5.41, 5.74) is 6.29. The Morgan fingerprint density at radius 2 is 2.00 bits per heavy atom. The van der Waals surface area contributed by atoms with E-state index < -0.39 is 0 Å². The maximum Gasteiger partial charge on any atom is 0.127 e. The summed E-state index contributed by atoms with van der Waals surface area (Å²) in [4.78, 5) is 0. The molecule has 0 aromatic rings. The quantitative estimate of drug-likeness (QED) is 0.591. The van der Waals surface area contributed by atoms with Crippen molar-refractivity contribution in [2.24, 2.45) is 5.73 Å². The van der Waals surface area contributed by atoms with Crippen LogP contribution in [0.25, 0.3) is 0 Å². The van der Waals surface area contributed by atoms with Crippen molar-refractivity contribution in [2.75, 3.05) is 0 Å². The fraction of sp³-hybridized carbons (Fsp3) is 0.750. The van der Waals surface area contributed by atoms with Gasteiger partial charge in [0.15, 0.2) is 0 Å². The van der Waals surface area contributed by atoms with Crippen LogP contribution in [-0.2, 0) is 0 Å². The molecule has 2 N–H and O–H groups in total. The van der Waals surface area contributed by atoms with Crippen molar-refractivity contribution in [1.82, 2.24) is 0 Å². The van der Waals surface area contributed by atoms with Crippen LogP contribution in [-0.4, -0.2) is 7.28 Å². The van der Waals surface area contributed by atoms with E-state index in [2.05, 4.69) is 27.4 Å². The first-order valence-corrected chi connectivity index (χ1v) is 3.95. The highest BCUT2D eigenvalue weighted by Crippen LogP contribution is 2.16. The van der Waals surface area contributed by atoms with Crippen LogP contribution in [0.1, 0.15) is 27.2 Å². The average Bonchev–Trinajstić information content (AvgIpc) is 1.58. The SMILES string of the molecule is C=C(N)CC(C)BC(C)C. The summed E-state index contributed by atoms with van der Waals surface area (Å²) in [6, 6.07) is 0. The largest absolute Gasteiger partial charge is 0.403 e. The van der Waals surface area contributed by atoms with Gasteiger partial charge in [-0.05, 0) is 6.42 Å². The van der Waals surface area contributed by atoms with E-state index in [0.29, 0.717) is 5.82 Å². The fourth-order valence-corrected chi connectivity index (χ4v) is 1.34. The smallest absolute Gasteiger partial charge is 0.127 e. The topological polar surface area (TPSA) is 26.0 Å². The summed E-state index contributed by atoms with van der Waals surface area (Å²) >= 11 is 0. The Labute approximate surface area is 64.9 Å². The highest BCUT2D eigenvalue weighted by Gasteiger charge is 2.06. The minimum absolute atomic E-state index is 0.692. The molecule has 1 unspecified atom stereocenters. The molecule has 1 nitrogen and oxygen atoms in total. The predicted molar refractivity (Wildman–Crippen MR) is 49.6 cm³/mol. The van der Waals surface area contributed by atoms with Gasteiger partial charge in [-0.25, -0.2) is 0 Å². The molecule has 1 atom stereocenters. The minimum Gasteiger partial charge on any atom is -0.403 e. The molecule has 0 aliphatic heterocycles. The third kappa shape index (κ3) is 5.74. The maximum absolute atomic E-state index is 5.47. The van der Waals surface area contributed by atoms with Crippen molar-refractivity contribution in [3.8, 4) is 0 Å². The Morgan fingerprint density at radius 1 is 1.50 bits per heavy atom. The molecule has 0 aliphatic rings. The normalized spacial score (nSPS) is 13.2. The van der Waals surface area contributed by atoms with E-state index in [9.17, 15) is 0 Å². The summed E-state index contributed by atoms with van der Waals surface area (Å²) in [6.07, 6.45) is 0.970. The summed E-state index contributed by atoms with van der Waals surface area (Å²) < 4.78 is 0. The molecule has 0 bridgehead atoms. The number of allylic oxidation sites excluding steroid dienone is 1. The summed E-state index contributed by atoms with van der Waals surface area (Å²) in [5, 5.41) is 0. The highest BCUT2D eigenvalue weighted by molar-refractivity contribution is 6.39. The van der Waals surface area contributed by atoms with Crippen LogP contribution in [0.5, 0.6) is 0 Å². The monoisotopic (exact) mass is 139 g/mol. The van der Waals surface area contributed by atoms with Crippen LogP contribution >= 0.6 is 0 Å². The van der Waals surface area contributed by atoms with Gasteiger partial charge in [-0.2, -0.15) is 0 Å². The molecule has 0 saturated heterocycles. The van der Waals surface area contributed by atoms with Crippen molar-refractivity contribution in [3.05, 3.63) is 12.3 Å². The minimum atomic E-state index is 0.692. The van der Waals surface area contributed by atoms with Crippen molar-refractivity contribution >= 4 is 7.28 Å². The molecule has 58 valence electrons. The molecule has 0 amide bonds. The van der Waals surface area contributed by atoms with E-state index in [-0.39, 0.29) is 0 Å². The lowest BCUT2D eigenvalue weighted by Crippen LogP contribution is -2.07. The Hall–Kier alpha value is -0.395. The third-order valence-electron chi connectivity index (χ3n) is 1.48. The van der Waals surface area contributed by atoms with Gasteiger partial charge in [0.05, 0.1) is 0 Å². The molecule has 0 aromatic carbocycles. The number of hydrogen-bond donors (Lipinski definition) is 1. The lowest BCUT2D eigenvalue weighted by molar-refractivity contribution is 0.857. The summed E-state index contributed by atoms with van der Waals surface area (Å²) in [6.45, 7) is 10.4. The molecular weight excluding hydrogens is 121 g/mol. The van der Waals surface area contributed by atoms with Crippen molar-refractivity contribution in [2.45, 2.75) is 38.8 Å². The molecule has 0 aliphatic carbocycles. The lowest BCUT2D eigenvalue weighted by Gasteiger charge is -2.10. The van der Waals surface area contributed by atoms with Crippen LogP contribution in [0, 0.1) is 0 Å². The average molecular weight is 139 g/mol. The molecular formula is C8H18BN. The van der Waals surface area contributed by atoms with Gasteiger partial charge >= 0.3 is 0 Å². The third-order valence-corrected chi connectivity index (χ3v) is 1.48. The number of hydrogen-bond acceptors (Lipinski definition) is 1. The lowest BCUT2D eigenvalue weighted by atomic mass is 9.56. The van der Waals surface area contributed by atoms with Gasteiger partial charge < -0.3 is 5.73 Å². The second-order valence-electron chi connectivity index (χ2n) is 3.60. The summed E-state index contributed by atoms with van der Waals surface area (Å²) in [7, 11) is 1.25. The molecule has 0 spiro atoms. The maximum atomic E-state index is 5.47. The molecule has 0 fully saturated rings. The van der Waals surface area contributed by atoms with Crippen LogP contribution in [0.2, 0.25) is 11.6 Å². The van der Waals surface area contributed by atoms with Gasteiger partial charge in [-0.15, -0.1) is 0 Å². The summed E-state index contributed by atoms with van der Waals surface area (Å²) in [5.74, 6) is 1.46. The first kappa shape index (κ1) is 9.60. The van der Waals surface area contributed by atoms with Gasteiger partial charge in [0.1, 0.15) is 7.28 Å². The van der Waals surface area contributed by atoms with Crippen LogP contribution in [0.3, 0.4) is 0 Å². The van der Waals surface area contributed by atoms with E-state index in [4.69, 9.17) is 5.73 Å². The standard InChI is InChI=1S/C8H18BN/c1-6(2)9-7(3)5-8(4)10/h6-7,9H,4-5,10H2,1-3H3. The fourth-order valence-electron chi connectivity index (χ4n) is 1.34. The van der Waals surface area contributed by atoms with Crippen LogP contribution < -0.4 is 5.73 Å². The van der Waals surface area contributed by atoms with Gasteiger partial charge in [0, 0.05) is 5.70 Å². The van der Waals surface area contributed by atoms with Crippen LogP contribution in [0.15, 0.2) is 12.3 Å². The van der Waals surface area contributed by atoms with Gasteiger partial charge in [0.2, 0.25) is 0 Å². The van der Waals surface area contributed by atoms with Gasteiger partial charge in [-0.1, -0.05) is 39.0 Å². The van der Waals surface area contributed by atoms with Crippen LogP contribution in [0.4, 0.5) is 0 Å². The van der Waals surface area contributed by atoms with Gasteiger partial charge in [0.25, 0.3) is 0 Å². The zero-order valence-corrected chi connectivity index (χ0v) is 7.35. The Morgan fingerprint density at radius 3 is 2.30 bits per heavy atom. The molecule has 2 heteroatoms. The van der Waals surface area contributed by atoms with E-state index in [0.717, 1.165) is 17.9 Å². The number of nitrogens with two attached hydrogens (primary N) is 1. The molecule has 0 saturated carbocycles. The predicted octanol–water partition coefficient (Wildman–Crippen LogP) is 1.92. The Balaban J connectivity index is 3.43. The molecule has 10 heavy (non-hydrogen) atoms. The molecule has 0 heterocycles.